The summed E-state index contributed by atoms with van der Waals surface area (Å²) in [5.74, 6) is -0.548. The van der Waals surface area contributed by atoms with Crippen LogP contribution in [0, 0.1) is 17.1 Å². The number of nitriles is 1. The van der Waals surface area contributed by atoms with Gasteiger partial charge < -0.3 is 5.73 Å². The summed E-state index contributed by atoms with van der Waals surface area (Å²) < 4.78 is 13.8. The predicted octanol–water partition coefficient (Wildman–Crippen LogP) is 3.83. The molecule has 0 saturated heterocycles. The van der Waals surface area contributed by atoms with E-state index in [9.17, 15) is 9.65 Å². The molecule has 2 rings (SSSR count). The first-order chi connectivity index (χ1) is 9.15. The Balaban J connectivity index is 2.67. The Kier molecular flexibility index (Phi) is 3.84. The SMILES string of the molecule is N#C/C(=C(/N)c1c(F)cccc1Cl)c1ccccc1. The number of nitrogens with two attached hydrogens (primary N) is 1. The van der Waals surface area contributed by atoms with Crippen molar-refractivity contribution in [2.24, 2.45) is 5.73 Å². The van der Waals surface area contributed by atoms with Gasteiger partial charge in [0.05, 0.1) is 21.9 Å². The van der Waals surface area contributed by atoms with Crippen LogP contribution in [0.3, 0.4) is 0 Å². The van der Waals surface area contributed by atoms with Gasteiger partial charge in [-0.05, 0) is 17.7 Å². The van der Waals surface area contributed by atoms with E-state index < -0.39 is 5.82 Å². The minimum atomic E-state index is -0.548. The van der Waals surface area contributed by atoms with E-state index in [-0.39, 0.29) is 21.9 Å². The smallest absolute Gasteiger partial charge is 0.134 e. The van der Waals surface area contributed by atoms with Crippen molar-refractivity contribution in [3.8, 4) is 6.07 Å². The number of allylic oxidation sites excluding steroid dienone is 1. The molecule has 2 aromatic rings. The van der Waals surface area contributed by atoms with Gasteiger partial charge in [-0.15, -0.1) is 0 Å². The van der Waals surface area contributed by atoms with E-state index in [2.05, 4.69) is 0 Å². The molecule has 0 aromatic heterocycles. The Morgan fingerprint density at radius 2 is 1.79 bits per heavy atom. The van der Waals surface area contributed by atoms with Gasteiger partial charge in [-0.1, -0.05) is 48.0 Å². The number of nitrogens with zero attached hydrogens (tertiary/aromatic N) is 1. The highest BCUT2D eigenvalue weighted by molar-refractivity contribution is 6.32. The molecule has 94 valence electrons. The van der Waals surface area contributed by atoms with Crippen LogP contribution in [0.2, 0.25) is 5.02 Å². The van der Waals surface area contributed by atoms with E-state index in [1.165, 1.54) is 18.2 Å². The minimum Gasteiger partial charge on any atom is -0.397 e. The lowest BCUT2D eigenvalue weighted by molar-refractivity contribution is 0.624. The molecule has 0 spiro atoms. The normalized spacial score (nSPS) is 11.6. The largest absolute Gasteiger partial charge is 0.397 e. The van der Waals surface area contributed by atoms with Crippen molar-refractivity contribution in [2.75, 3.05) is 0 Å². The van der Waals surface area contributed by atoms with Crippen LogP contribution < -0.4 is 5.73 Å². The molecule has 0 radical (unpaired) electrons. The van der Waals surface area contributed by atoms with Gasteiger partial charge in [-0.3, -0.25) is 0 Å². The van der Waals surface area contributed by atoms with Crippen molar-refractivity contribution < 1.29 is 4.39 Å². The highest BCUT2D eigenvalue weighted by Gasteiger charge is 2.15. The van der Waals surface area contributed by atoms with Crippen molar-refractivity contribution in [1.82, 2.24) is 0 Å². The van der Waals surface area contributed by atoms with Crippen molar-refractivity contribution in [1.29, 1.82) is 5.26 Å². The maximum Gasteiger partial charge on any atom is 0.134 e. The van der Waals surface area contributed by atoms with E-state index in [1.54, 1.807) is 24.3 Å². The molecule has 0 aliphatic heterocycles. The monoisotopic (exact) mass is 272 g/mol. The fraction of sp³-hybridized carbons (Fsp3) is 0. The molecule has 19 heavy (non-hydrogen) atoms. The summed E-state index contributed by atoms with van der Waals surface area (Å²) in [4.78, 5) is 0. The molecule has 0 unspecified atom stereocenters. The van der Waals surface area contributed by atoms with Crippen molar-refractivity contribution in [2.45, 2.75) is 0 Å². The third-order valence-corrected chi connectivity index (χ3v) is 2.99. The lowest BCUT2D eigenvalue weighted by Gasteiger charge is -2.09. The number of rotatable bonds is 2. The molecular weight excluding hydrogens is 263 g/mol. The van der Waals surface area contributed by atoms with Crippen LogP contribution in [-0.2, 0) is 0 Å². The summed E-state index contributed by atoms with van der Waals surface area (Å²) in [6.45, 7) is 0. The quantitative estimate of drug-likeness (QED) is 0.667. The van der Waals surface area contributed by atoms with Crippen molar-refractivity contribution in [3.05, 3.63) is 70.5 Å². The Bertz CT molecular complexity index is 652. The van der Waals surface area contributed by atoms with Crippen LogP contribution >= 0.6 is 11.6 Å². The van der Waals surface area contributed by atoms with E-state index in [0.717, 1.165) is 0 Å². The van der Waals surface area contributed by atoms with Crippen LogP contribution in [0.4, 0.5) is 4.39 Å². The van der Waals surface area contributed by atoms with Gasteiger partial charge in [0.15, 0.2) is 0 Å². The first kappa shape index (κ1) is 13.1. The number of hydrogen-bond donors (Lipinski definition) is 1. The molecular formula is C15H10ClFN2. The van der Waals surface area contributed by atoms with Gasteiger partial charge >= 0.3 is 0 Å². The Morgan fingerprint density at radius 3 is 2.37 bits per heavy atom. The molecule has 4 heteroatoms. The molecule has 0 aliphatic rings. The van der Waals surface area contributed by atoms with E-state index in [1.807, 2.05) is 12.1 Å². The summed E-state index contributed by atoms with van der Waals surface area (Å²) in [6.07, 6.45) is 0. The second-order valence-electron chi connectivity index (χ2n) is 3.86. The predicted molar refractivity (Wildman–Crippen MR) is 74.5 cm³/mol. The highest BCUT2D eigenvalue weighted by Crippen LogP contribution is 2.29. The van der Waals surface area contributed by atoms with Crippen LogP contribution in [-0.4, -0.2) is 0 Å². The molecule has 0 fully saturated rings. The van der Waals surface area contributed by atoms with Gasteiger partial charge in [0.1, 0.15) is 11.9 Å². The van der Waals surface area contributed by atoms with E-state index in [4.69, 9.17) is 17.3 Å². The number of halogens is 2. The van der Waals surface area contributed by atoms with Gasteiger partial charge in [0.2, 0.25) is 0 Å². The first-order valence-electron chi connectivity index (χ1n) is 5.54. The summed E-state index contributed by atoms with van der Waals surface area (Å²) in [6, 6.07) is 15.1. The van der Waals surface area contributed by atoms with Crippen LogP contribution in [0.25, 0.3) is 11.3 Å². The number of hydrogen-bond acceptors (Lipinski definition) is 2. The minimum absolute atomic E-state index is 0.0387. The fourth-order valence-electron chi connectivity index (χ4n) is 1.77. The summed E-state index contributed by atoms with van der Waals surface area (Å²) in [5.41, 5.74) is 6.84. The lowest BCUT2D eigenvalue weighted by Crippen LogP contribution is -2.04. The summed E-state index contributed by atoms with van der Waals surface area (Å²) in [5, 5.41) is 9.42. The molecule has 2 N–H and O–H groups in total. The van der Waals surface area contributed by atoms with Crippen LogP contribution in [0.1, 0.15) is 11.1 Å². The fourth-order valence-corrected chi connectivity index (χ4v) is 2.03. The lowest BCUT2D eigenvalue weighted by atomic mass is 10.0. The summed E-state index contributed by atoms with van der Waals surface area (Å²) >= 11 is 5.95. The average Bonchev–Trinajstić information content (AvgIpc) is 2.40. The highest BCUT2D eigenvalue weighted by atomic mass is 35.5. The van der Waals surface area contributed by atoms with Crippen LogP contribution in [0.15, 0.2) is 48.5 Å². The maximum atomic E-state index is 13.8. The van der Waals surface area contributed by atoms with Gasteiger partial charge in [-0.25, -0.2) is 4.39 Å². The van der Waals surface area contributed by atoms with Gasteiger partial charge in [-0.2, -0.15) is 5.26 Å². The zero-order valence-electron chi connectivity index (χ0n) is 9.90. The third-order valence-electron chi connectivity index (χ3n) is 2.68. The van der Waals surface area contributed by atoms with Gasteiger partial charge in [0.25, 0.3) is 0 Å². The molecule has 2 nitrogen and oxygen atoms in total. The van der Waals surface area contributed by atoms with Gasteiger partial charge in [0, 0.05) is 0 Å². The Morgan fingerprint density at radius 1 is 1.11 bits per heavy atom. The zero-order chi connectivity index (χ0) is 13.8. The molecule has 0 aliphatic carbocycles. The van der Waals surface area contributed by atoms with E-state index in [0.29, 0.717) is 5.56 Å². The second kappa shape index (κ2) is 5.55. The standard InChI is InChI=1S/C15H10ClFN2/c16-12-7-4-8-13(17)14(12)15(19)11(9-18)10-5-2-1-3-6-10/h1-8H,19H2/b15-11-. The maximum absolute atomic E-state index is 13.8. The average molecular weight is 273 g/mol. The molecule has 0 bridgehead atoms. The zero-order valence-corrected chi connectivity index (χ0v) is 10.7. The molecule has 0 heterocycles. The second-order valence-corrected chi connectivity index (χ2v) is 4.27. The van der Waals surface area contributed by atoms with Crippen LogP contribution in [0.5, 0.6) is 0 Å². The number of benzene rings is 2. The van der Waals surface area contributed by atoms with Crippen molar-refractivity contribution in [3.63, 3.8) is 0 Å². The topological polar surface area (TPSA) is 49.8 Å². The third kappa shape index (κ3) is 2.59. The Labute approximate surface area is 115 Å². The first-order valence-corrected chi connectivity index (χ1v) is 5.92. The summed E-state index contributed by atoms with van der Waals surface area (Å²) in [7, 11) is 0. The molecule has 2 aromatic carbocycles. The van der Waals surface area contributed by atoms with E-state index >= 15 is 0 Å². The molecule has 0 saturated carbocycles. The molecule has 0 atom stereocenters. The van der Waals surface area contributed by atoms with Crippen molar-refractivity contribution >= 4 is 22.9 Å². The Hall–Kier alpha value is -2.31. The molecule has 0 amide bonds.